The molecule has 1 heterocycles. The van der Waals surface area contributed by atoms with Crippen molar-refractivity contribution in [1.29, 1.82) is 0 Å². The molecule has 1 aliphatic rings. The summed E-state index contributed by atoms with van der Waals surface area (Å²) in [4.78, 5) is 27.7. The average molecular weight is 434 g/mol. The number of Topliss-reactive ketones (excluding diaryl/α,β-unsaturated/α-hetero) is 1. The molecule has 3 aromatic rings. The molecular weight excluding hydrogens is 414 g/mol. The van der Waals surface area contributed by atoms with Crippen LogP contribution in [-0.4, -0.2) is 23.9 Å². The molecule has 1 N–H and O–H groups in total. The number of ketones is 1. The van der Waals surface area contributed by atoms with E-state index in [1.807, 2.05) is 25.1 Å². The molecule has 6 heteroatoms. The van der Waals surface area contributed by atoms with E-state index in [1.54, 1.807) is 61.7 Å². The van der Waals surface area contributed by atoms with Gasteiger partial charge < -0.3 is 9.84 Å². The number of hydrogen-bond donors (Lipinski definition) is 1. The molecule has 156 valence electrons. The fourth-order valence-electron chi connectivity index (χ4n) is 3.79. The van der Waals surface area contributed by atoms with E-state index >= 15 is 0 Å². The van der Waals surface area contributed by atoms with Gasteiger partial charge in [0, 0.05) is 16.3 Å². The number of nitrogens with zero attached hydrogens (tertiary/aromatic N) is 1. The number of rotatable bonds is 4. The van der Waals surface area contributed by atoms with Gasteiger partial charge in [-0.1, -0.05) is 48.0 Å². The molecule has 0 spiro atoms. The van der Waals surface area contributed by atoms with Gasteiger partial charge in [0.15, 0.2) is 0 Å². The van der Waals surface area contributed by atoms with Gasteiger partial charge in [0.1, 0.15) is 11.5 Å². The second-order valence-electron chi connectivity index (χ2n) is 7.30. The summed E-state index contributed by atoms with van der Waals surface area (Å²) in [5.41, 5.74) is 2.52. The van der Waals surface area contributed by atoms with Gasteiger partial charge in [-0.25, -0.2) is 0 Å². The number of carbonyl (C=O) groups excluding carboxylic acids is 2. The highest BCUT2D eigenvalue weighted by molar-refractivity contribution is 6.51. The van der Waals surface area contributed by atoms with Gasteiger partial charge >= 0.3 is 0 Å². The highest BCUT2D eigenvalue weighted by Crippen LogP contribution is 2.43. The minimum absolute atomic E-state index is 0.00188. The Labute approximate surface area is 185 Å². The summed E-state index contributed by atoms with van der Waals surface area (Å²) in [7, 11) is 1.54. The predicted molar refractivity (Wildman–Crippen MR) is 120 cm³/mol. The number of aryl methyl sites for hydroxylation is 1. The first-order chi connectivity index (χ1) is 14.9. The van der Waals surface area contributed by atoms with Crippen molar-refractivity contribution in [2.45, 2.75) is 13.0 Å². The zero-order valence-electron chi connectivity index (χ0n) is 17.0. The number of halogens is 1. The third-order valence-corrected chi connectivity index (χ3v) is 5.47. The van der Waals surface area contributed by atoms with Crippen LogP contribution < -0.4 is 9.64 Å². The first kappa shape index (κ1) is 20.7. The smallest absolute Gasteiger partial charge is 0.300 e. The third kappa shape index (κ3) is 3.80. The summed E-state index contributed by atoms with van der Waals surface area (Å²) in [5.74, 6) is -1.16. The van der Waals surface area contributed by atoms with Crippen LogP contribution in [0.4, 0.5) is 5.69 Å². The Morgan fingerprint density at radius 2 is 1.74 bits per heavy atom. The van der Waals surface area contributed by atoms with Crippen LogP contribution in [-0.2, 0) is 9.59 Å². The van der Waals surface area contributed by atoms with Crippen LogP contribution in [0.3, 0.4) is 0 Å². The van der Waals surface area contributed by atoms with Crippen LogP contribution in [0.5, 0.6) is 5.75 Å². The Bertz CT molecular complexity index is 1220. The monoisotopic (exact) mass is 433 g/mol. The van der Waals surface area contributed by atoms with E-state index in [1.165, 1.54) is 4.90 Å². The number of carbonyl (C=O) groups is 2. The molecule has 1 atom stereocenters. The zero-order chi connectivity index (χ0) is 22.1. The number of methoxy groups -OCH3 is 1. The fourth-order valence-corrected chi connectivity index (χ4v) is 3.99. The number of anilines is 1. The Morgan fingerprint density at radius 1 is 1.00 bits per heavy atom. The molecule has 1 aliphatic heterocycles. The zero-order valence-corrected chi connectivity index (χ0v) is 17.8. The second kappa shape index (κ2) is 8.28. The molecule has 31 heavy (non-hydrogen) atoms. The maximum Gasteiger partial charge on any atom is 0.300 e. The topological polar surface area (TPSA) is 66.8 Å². The summed E-state index contributed by atoms with van der Waals surface area (Å²) < 4.78 is 5.34. The summed E-state index contributed by atoms with van der Waals surface area (Å²) in [6, 6.07) is 20.2. The number of hydrogen-bond acceptors (Lipinski definition) is 4. The SMILES string of the molecule is COc1cccc(C2/C(=C(\O)c3cccc(Cl)c3)C(=O)C(=O)N2c2cccc(C)c2)c1. The lowest BCUT2D eigenvalue weighted by Gasteiger charge is -2.26. The van der Waals surface area contributed by atoms with Crippen molar-refractivity contribution < 1.29 is 19.4 Å². The molecule has 0 saturated carbocycles. The molecule has 0 aromatic heterocycles. The van der Waals surface area contributed by atoms with Gasteiger partial charge in [0.2, 0.25) is 0 Å². The Kier molecular flexibility index (Phi) is 5.53. The van der Waals surface area contributed by atoms with Crippen molar-refractivity contribution in [2.24, 2.45) is 0 Å². The van der Waals surface area contributed by atoms with Crippen molar-refractivity contribution in [3.8, 4) is 5.75 Å². The molecule has 4 rings (SSSR count). The summed E-state index contributed by atoms with van der Waals surface area (Å²) >= 11 is 6.08. The first-order valence-electron chi connectivity index (χ1n) is 9.68. The van der Waals surface area contributed by atoms with Crippen LogP contribution in [0.25, 0.3) is 5.76 Å². The van der Waals surface area contributed by atoms with Crippen molar-refractivity contribution in [3.05, 3.63) is 100 Å². The highest BCUT2D eigenvalue weighted by atomic mass is 35.5. The molecule has 1 saturated heterocycles. The maximum atomic E-state index is 13.1. The van der Waals surface area contributed by atoms with E-state index in [0.29, 0.717) is 27.6 Å². The Morgan fingerprint density at radius 3 is 2.45 bits per heavy atom. The lowest BCUT2D eigenvalue weighted by molar-refractivity contribution is -0.132. The number of aliphatic hydroxyl groups is 1. The van der Waals surface area contributed by atoms with Crippen LogP contribution >= 0.6 is 11.6 Å². The minimum atomic E-state index is -0.823. The molecule has 0 radical (unpaired) electrons. The van der Waals surface area contributed by atoms with Gasteiger partial charge in [-0.2, -0.15) is 0 Å². The molecule has 1 fully saturated rings. The third-order valence-electron chi connectivity index (χ3n) is 5.23. The van der Waals surface area contributed by atoms with Gasteiger partial charge in [0.05, 0.1) is 18.7 Å². The van der Waals surface area contributed by atoms with Crippen molar-refractivity contribution in [1.82, 2.24) is 0 Å². The molecule has 0 aliphatic carbocycles. The first-order valence-corrected chi connectivity index (χ1v) is 10.1. The summed E-state index contributed by atoms with van der Waals surface area (Å²) in [5, 5.41) is 11.5. The number of ether oxygens (including phenoxy) is 1. The molecule has 0 bridgehead atoms. The minimum Gasteiger partial charge on any atom is -0.507 e. The Hall–Kier alpha value is -3.57. The lowest BCUT2D eigenvalue weighted by atomic mass is 9.95. The van der Waals surface area contributed by atoms with Gasteiger partial charge in [-0.05, 0) is 54.4 Å². The van der Waals surface area contributed by atoms with E-state index in [4.69, 9.17) is 16.3 Å². The van der Waals surface area contributed by atoms with Crippen molar-refractivity contribution in [3.63, 3.8) is 0 Å². The summed E-state index contributed by atoms with van der Waals surface area (Å²) in [6.07, 6.45) is 0. The number of aliphatic hydroxyl groups excluding tert-OH is 1. The van der Waals surface area contributed by atoms with Crippen molar-refractivity contribution >= 4 is 34.7 Å². The second-order valence-corrected chi connectivity index (χ2v) is 7.73. The van der Waals surface area contributed by atoms with Crippen LogP contribution in [0.15, 0.2) is 78.4 Å². The van der Waals surface area contributed by atoms with E-state index in [0.717, 1.165) is 5.56 Å². The Balaban J connectivity index is 1.97. The van der Waals surface area contributed by atoms with E-state index < -0.39 is 17.7 Å². The van der Waals surface area contributed by atoms with Gasteiger partial charge in [-0.15, -0.1) is 0 Å². The molecule has 1 amide bonds. The average Bonchev–Trinajstić information content (AvgIpc) is 3.04. The normalized spacial score (nSPS) is 17.8. The van der Waals surface area contributed by atoms with E-state index in [-0.39, 0.29) is 11.3 Å². The lowest BCUT2D eigenvalue weighted by Crippen LogP contribution is -2.29. The van der Waals surface area contributed by atoms with Gasteiger partial charge in [0.25, 0.3) is 11.7 Å². The maximum absolute atomic E-state index is 13.1. The van der Waals surface area contributed by atoms with Gasteiger partial charge in [-0.3, -0.25) is 14.5 Å². The standard InChI is InChI=1S/C25H20ClNO4/c1-15-6-3-10-19(12-15)27-22(16-7-5-11-20(14-16)31-2)21(24(29)25(27)30)23(28)17-8-4-9-18(26)13-17/h3-14,22,28H,1-2H3/b23-21+. The van der Waals surface area contributed by atoms with E-state index in [9.17, 15) is 14.7 Å². The van der Waals surface area contributed by atoms with Crippen molar-refractivity contribution in [2.75, 3.05) is 12.0 Å². The number of benzene rings is 3. The largest absolute Gasteiger partial charge is 0.507 e. The quantitative estimate of drug-likeness (QED) is 0.345. The molecule has 1 unspecified atom stereocenters. The molecular formula is C25H20ClNO4. The van der Waals surface area contributed by atoms with E-state index in [2.05, 4.69) is 0 Å². The fraction of sp³-hybridized carbons (Fsp3) is 0.120. The molecule has 3 aromatic carbocycles. The highest BCUT2D eigenvalue weighted by Gasteiger charge is 2.47. The van der Waals surface area contributed by atoms with Crippen LogP contribution in [0, 0.1) is 6.92 Å². The summed E-state index contributed by atoms with van der Waals surface area (Å²) in [6.45, 7) is 1.91. The molecule has 5 nitrogen and oxygen atoms in total. The van der Waals surface area contributed by atoms with Crippen LogP contribution in [0.2, 0.25) is 5.02 Å². The number of amides is 1. The van der Waals surface area contributed by atoms with Crippen LogP contribution in [0.1, 0.15) is 22.7 Å². The predicted octanol–water partition coefficient (Wildman–Crippen LogP) is 5.28.